The smallest absolute Gasteiger partial charge is 0.325 e. The number of hydrogen-bond acceptors (Lipinski definition) is 2. The molecule has 4 saturated carbocycles. The Morgan fingerprint density at radius 3 is 2.20 bits per heavy atom. The molecule has 41 heavy (non-hydrogen) atoms. The Labute approximate surface area is 249 Å². The standard InChI is InChI=1S/C37H54N2O2/c1-33(2,3)25-10-12-26(13-11-25)37(23-21-34(4,5)22-24-37)38-32(41)39-30-15-14-27-28-9-8-18-35(28,6)19-16-29(27)36(30,7)20-17-31(39)40/h10-13,17,20,27-30H,8-9,14-16,18-19,21-24H2,1-7H3,(H,38,41)/t27-,28-,29-,30+,35-,36+/m0/s1. The van der Waals surface area contributed by atoms with Gasteiger partial charge in [0, 0.05) is 11.5 Å². The van der Waals surface area contributed by atoms with E-state index < -0.39 is 5.54 Å². The van der Waals surface area contributed by atoms with Crippen molar-refractivity contribution in [3.8, 4) is 0 Å². The minimum Gasteiger partial charge on any atom is -0.328 e. The molecule has 1 aromatic rings. The molecule has 4 fully saturated rings. The maximum atomic E-state index is 14.4. The number of rotatable bonds is 2. The van der Waals surface area contributed by atoms with Crippen LogP contribution in [0.4, 0.5) is 4.79 Å². The molecule has 1 aromatic carbocycles. The molecular weight excluding hydrogens is 504 g/mol. The number of nitrogens with zero attached hydrogens (tertiary/aromatic N) is 1. The molecule has 0 spiro atoms. The lowest BCUT2D eigenvalue weighted by molar-refractivity contribution is -0.135. The largest absolute Gasteiger partial charge is 0.328 e. The van der Waals surface area contributed by atoms with E-state index in [1.165, 1.54) is 43.2 Å². The van der Waals surface area contributed by atoms with Gasteiger partial charge in [0.15, 0.2) is 0 Å². The highest BCUT2D eigenvalue weighted by Crippen LogP contribution is 2.64. The molecular formula is C37H54N2O2. The lowest BCUT2D eigenvalue weighted by Crippen LogP contribution is -2.64. The third kappa shape index (κ3) is 4.80. The summed E-state index contributed by atoms with van der Waals surface area (Å²) in [6.07, 6.45) is 16.5. The third-order valence-corrected chi connectivity index (χ3v) is 13.0. The Hall–Kier alpha value is -2.10. The van der Waals surface area contributed by atoms with Gasteiger partial charge < -0.3 is 5.32 Å². The summed E-state index contributed by atoms with van der Waals surface area (Å²) in [7, 11) is 0. The molecule has 6 atom stereocenters. The van der Waals surface area contributed by atoms with E-state index in [1.54, 1.807) is 11.0 Å². The Balaban J connectivity index is 1.29. The van der Waals surface area contributed by atoms with E-state index in [2.05, 4.69) is 84.1 Å². The average Bonchev–Trinajstić information content (AvgIpc) is 3.32. The second kappa shape index (κ2) is 9.71. The first-order chi connectivity index (χ1) is 19.2. The summed E-state index contributed by atoms with van der Waals surface area (Å²) in [6.45, 7) is 16.3. The van der Waals surface area contributed by atoms with Crippen LogP contribution in [0, 0.1) is 34.0 Å². The average molecular weight is 559 g/mol. The molecule has 0 aromatic heterocycles. The van der Waals surface area contributed by atoms with E-state index >= 15 is 0 Å². The van der Waals surface area contributed by atoms with Gasteiger partial charge in [-0.25, -0.2) is 4.79 Å². The number of carbonyl (C=O) groups is 2. The van der Waals surface area contributed by atoms with Crippen molar-refractivity contribution in [3.05, 3.63) is 47.5 Å². The molecule has 4 aliphatic carbocycles. The minimum atomic E-state index is -0.450. The Morgan fingerprint density at radius 1 is 0.854 bits per heavy atom. The van der Waals surface area contributed by atoms with Crippen molar-refractivity contribution in [2.24, 2.45) is 34.0 Å². The van der Waals surface area contributed by atoms with Crippen molar-refractivity contribution in [1.29, 1.82) is 0 Å². The fourth-order valence-electron chi connectivity index (χ4n) is 10.1. The fourth-order valence-corrected chi connectivity index (χ4v) is 10.1. The number of amides is 3. The van der Waals surface area contributed by atoms with Crippen molar-refractivity contribution in [2.75, 3.05) is 0 Å². The lowest BCUT2D eigenvalue weighted by atomic mass is 9.48. The summed E-state index contributed by atoms with van der Waals surface area (Å²) in [4.78, 5) is 29.6. The lowest BCUT2D eigenvalue weighted by Gasteiger charge is -2.59. The zero-order chi connectivity index (χ0) is 29.4. The Bertz CT molecular complexity index is 1210. The highest BCUT2D eigenvalue weighted by Gasteiger charge is 2.59. The zero-order valence-corrected chi connectivity index (χ0v) is 26.8. The van der Waals surface area contributed by atoms with Crippen LogP contribution in [-0.4, -0.2) is 22.9 Å². The molecule has 224 valence electrons. The van der Waals surface area contributed by atoms with E-state index in [0.29, 0.717) is 17.3 Å². The molecule has 0 saturated heterocycles. The normalized spacial score (nSPS) is 37.6. The summed E-state index contributed by atoms with van der Waals surface area (Å²) in [5.41, 5.74) is 2.72. The molecule has 3 amide bonds. The fraction of sp³-hybridized carbons (Fsp3) is 0.730. The van der Waals surface area contributed by atoms with Crippen LogP contribution in [0.25, 0.3) is 0 Å². The van der Waals surface area contributed by atoms with Crippen LogP contribution in [0.15, 0.2) is 36.4 Å². The van der Waals surface area contributed by atoms with Crippen LogP contribution >= 0.6 is 0 Å². The van der Waals surface area contributed by atoms with Gasteiger partial charge in [-0.05, 0) is 109 Å². The van der Waals surface area contributed by atoms with Gasteiger partial charge in [-0.2, -0.15) is 0 Å². The Kier molecular flexibility index (Phi) is 6.87. The second-order valence-corrected chi connectivity index (χ2v) is 17.0. The number of fused-ring (bicyclic) bond motifs is 5. The van der Waals surface area contributed by atoms with E-state index in [9.17, 15) is 9.59 Å². The van der Waals surface area contributed by atoms with Crippen LogP contribution in [0.5, 0.6) is 0 Å². The van der Waals surface area contributed by atoms with Crippen LogP contribution in [0.3, 0.4) is 0 Å². The first-order valence-electron chi connectivity index (χ1n) is 16.6. The topological polar surface area (TPSA) is 49.4 Å². The van der Waals surface area contributed by atoms with Crippen molar-refractivity contribution < 1.29 is 9.59 Å². The van der Waals surface area contributed by atoms with Crippen LogP contribution < -0.4 is 5.32 Å². The van der Waals surface area contributed by atoms with Crippen molar-refractivity contribution in [3.63, 3.8) is 0 Å². The van der Waals surface area contributed by atoms with Gasteiger partial charge in [0.05, 0.1) is 11.6 Å². The molecule has 1 N–H and O–H groups in total. The molecule has 4 heteroatoms. The number of urea groups is 1. The summed E-state index contributed by atoms with van der Waals surface area (Å²) >= 11 is 0. The molecule has 4 nitrogen and oxygen atoms in total. The van der Waals surface area contributed by atoms with Crippen LogP contribution in [-0.2, 0) is 15.7 Å². The summed E-state index contributed by atoms with van der Waals surface area (Å²) in [5, 5.41) is 3.54. The molecule has 0 radical (unpaired) electrons. The first kappa shape index (κ1) is 29.0. The second-order valence-electron chi connectivity index (χ2n) is 17.0. The van der Waals surface area contributed by atoms with Gasteiger partial charge in [0.2, 0.25) is 0 Å². The predicted molar refractivity (Wildman–Crippen MR) is 166 cm³/mol. The van der Waals surface area contributed by atoms with Gasteiger partial charge >= 0.3 is 6.03 Å². The SMILES string of the molecule is CC1(C)CCC(NC(=O)N2C(=O)C=C[C@]3(C)[C@H]4CC[C@]5(C)CCC[C@H]5[C@@H]4CC[C@@H]23)(c2ccc(C(C)(C)C)cc2)CC1. The quantitative estimate of drug-likeness (QED) is 0.394. The maximum Gasteiger partial charge on any atom is 0.325 e. The molecule has 6 rings (SSSR count). The number of hydrogen-bond donors (Lipinski definition) is 1. The van der Waals surface area contributed by atoms with Gasteiger partial charge in [0.1, 0.15) is 0 Å². The molecule has 0 bridgehead atoms. The van der Waals surface area contributed by atoms with Crippen LogP contribution in [0.2, 0.25) is 0 Å². The third-order valence-electron chi connectivity index (χ3n) is 13.0. The van der Waals surface area contributed by atoms with E-state index in [-0.39, 0.29) is 34.2 Å². The monoisotopic (exact) mass is 558 g/mol. The zero-order valence-electron chi connectivity index (χ0n) is 26.8. The summed E-state index contributed by atoms with van der Waals surface area (Å²) in [6, 6.07) is 8.68. The maximum absolute atomic E-state index is 14.4. The first-order valence-corrected chi connectivity index (χ1v) is 16.6. The van der Waals surface area contributed by atoms with Gasteiger partial charge in [-0.15, -0.1) is 0 Å². The van der Waals surface area contributed by atoms with Gasteiger partial charge in [-0.1, -0.05) is 85.2 Å². The minimum absolute atomic E-state index is 0.0626. The van der Waals surface area contributed by atoms with Crippen molar-refractivity contribution >= 4 is 11.9 Å². The number of carbonyl (C=O) groups excluding carboxylic acids is 2. The van der Waals surface area contributed by atoms with Gasteiger partial charge in [0.25, 0.3) is 5.91 Å². The Morgan fingerprint density at radius 2 is 1.54 bits per heavy atom. The van der Waals surface area contributed by atoms with Crippen molar-refractivity contribution in [1.82, 2.24) is 10.2 Å². The van der Waals surface area contributed by atoms with E-state index in [0.717, 1.165) is 44.4 Å². The van der Waals surface area contributed by atoms with Crippen molar-refractivity contribution in [2.45, 2.75) is 136 Å². The van der Waals surface area contributed by atoms with E-state index in [1.807, 2.05) is 0 Å². The molecule has 5 aliphatic rings. The van der Waals surface area contributed by atoms with E-state index in [4.69, 9.17) is 0 Å². The molecule has 1 aliphatic heterocycles. The predicted octanol–water partition coefficient (Wildman–Crippen LogP) is 8.89. The molecule has 0 unspecified atom stereocenters. The number of benzene rings is 1. The van der Waals surface area contributed by atoms with Gasteiger partial charge in [-0.3, -0.25) is 9.69 Å². The highest BCUT2D eigenvalue weighted by molar-refractivity contribution is 6.02. The summed E-state index contributed by atoms with van der Waals surface area (Å²) in [5.74, 6) is 1.93. The summed E-state index contributed by atoms with van der Waals surface area (Å²) < 4.78 is 0. The van der Waals surface area contributed by atoms with Crippen LogP contribution in [0.1, 0.15) is 130 Å². The molecule has 1 heterocycles. The number of imide groups is 1. The number of nitrogens with one attached hydrogen (secondary N) is 1. The highest BCUT2D eigenvalue weighted by atomic mass is 16.2.